The molecule has 1 amide bonds. The van der Waals surface area contributed by atoms with Crippen LogP contribution in [0.2, 0.25) is 0 Å². The maximum absolute atomic E-state index is 11.2. The van der Waals surface area contributed by atoms with Crippen LogP contribution in [0.1, 0.15) is 71.1 Å². The number of carbonyl (C=O) groups excluding carboxylic acids is 1. The molecule has 124 valence electrons. The van der Waals surface area contributed by atoms with Gasteiger partial charge in [0.2, 0.25) is 5.91 Å². The lowest BCUT2D eigenvalue weighted by Gasteiger charge is -2.05. The zero-order valence-corrected chi connectivity index (χ0v) is 13.5. The standard InChI is InChI=1S/C16H32N2O3/c1-2-3-4-5-6-7-8-9-10-11-12-17-13-15(19)18-14-16(20)21/h17H,2-14H2,1H3,(H,18,19)(H,20,21). The van der Waals surface area contributed by atoms with Crippen LogP contribution in [0.15, 0.2) is 0 Å². The first kappa shape index (κ1) is 19.9. The molecule has 0 aliphatic rings. The molecule has 0 spiro atoms. The third-order valence-corrected chi connectivity index (χ3v) is 3.43. The van der Waals surface area contributed by atoms with E-state index in [1.54, 1.807) is 0 Å². The average molecular weight is 300 g/mol. The predicted molar refractivity (Wildman–Crippen MR) is 85.4 cm³/mol. The summed E-state index contributed by atoms with van der Waals surface area (Å²) in [6, 6.07) is 0. The minimum absolute atomic E-state index is 0.199. The van der Waals surface area contributed by atoms with E-state index in [2.05, 4.69) is 17.6 Å². The highest BCUT2D eigenvalue weighted by Crippen LogP contribution is 2.10. The Kier molecular flexibility index (Phi) is 14.5. The number of amides is 1. The third-order valence-electron chi connectivity index (χ3n) is 3.43. The summed E-state index contributed by atoms with van der Waals surface area (Å²) in [4.78, 5) is 21.4. The average Bonchev–Trinajstić information content (AvgIpc) is 2.46. The molecular weight excluding hydrogens is 268 g/mol. The Bertz CT molecular complexity index is 270. The summed E-state index contributed by atoms with van der Waals surface area (Å²) >= 11 is 0. The summed E-state index contributed by atoms with van der Waals surface area (Å²) in [6.07, 6.45) is 13.0. The topological polar surface area (TPSA) is 78.4 Å². The van der Waals surface area contributed by atoms with E-state index in [0.717, 1.165) is 13.0 Å². The molecule has 0 aliphatic heterocycles. The van der Waals surface area contributed by atoms with Gasteiger partial charge in [-0.2, -0.15) is 0 Å². The van der Waals surface area contributed by atoms with E-state index in [1.807, 2.05) is 0 Å². The molecule has 0 saturated carbocycles. The Hall–Kier alpha value is -1.10. The summed E-state index contributed by atoms with van der Waals surface area (Å²) in [7, 11) is 0. The zero-order chi connectivity index (χ0) is 15.8. The Morgan fingerprint density at radius 3 is 1.86 bits per heavy atom. The fourth-order valence-electron chi connectivity index (χ4n) is 2.18. The van der Waals surface area contributed by atoms with Crippen molar-refractivity contribution in [2.75, 3.05) is 19.6 Å². The van der Waals surface area contributed by atoms with Gasteiger partial charge in [-0.25, -0.2) is 0 Å². The number of rotatable bonds is 15. The number of carboxylic acid groups (broad SMARTS) is 1. The molecule has 5 nitrogen and oxygen atoms in total. The van der Waals surface area contributed by atoms with E-state index in [1.165, 1.54) is 57.8 Å². The van der Waals surface area contributed by atoms with Crippen LogP contribution < -0.4 is 10.6 Å². The SMILES string of the molecule is CCCCCCCCCCCCNCC(=O)NCC(=O)O. The second kappa shape index (κ2) is 15.3. The molecule has 0 aromatic heterocycles. The molecule has 0 aromatic carbocycles. The predicted octanol–water partition coefficient (Wildman–Crippen LogP) is 2.70. The second-order valence-electron chi connectivity index (χ2n) is 5.53. The molecule has 0 heterocycles. The van der Waals surface area contributed by atoms with E-state index in [0.29, 0.717) is 0 Å². The smallest absolute Gasteiger partial charge is 0.322 e. The molecule has 21 heavy (non-hydrogen) atoms. The fourth-order valence-corrected chi connectivity index (χ4v) is 2.18. The van der Waals surface area contributed by atoms with Gasteiger partial charge >= 0.3 is 5.97 Å². The van der Waals surface area contributed by atoms with Gasteiger partial charge in [-0.1, -0.05) is 64.7 Å². The van der Waals surface area contributed by atoms with Gasteiger partial charge in [0.25, 0.3) is 0 Å². The fraction of sp³-hybridized carbons (Fsp3) is 0.875. The molecule has 0 fully saturated rings. The normalized spacial score (nSPS) is 10.5. The number of unbranched alkanes of at least 4 members (excludes halogenated alkanes) is 9. The van der Waals surface area contributed by atoms with E-state index >= 15 is 0 Å². The molecule has 0 unspecified atom stereocenters. The number of carbonyl (C=O) groups is 2. The lowest BCUT2D eigenvalue weighted by Crippen LogP contribution is -2.37. The molecule has 0 rings (SSSR count). The number of nitrogens with one attached hydrogen (secondary N) is 2. The minimum Gasteiger partial charge on any atom is -0.480 e. The number of aliphatic carboxylic acids is 1. The van der Waals surface area contributed by atoms with Crippen LogP contribution in [0.4, 0.5) is 0 Å². The van der Waals surface area contributed by atoms with Crippen molar-refractivity contribution < 1.29 is 14.7 Å². The van der Waals surface area contributed by atoms with E-state index in [-0.39, 0.29) is 19.0 Å². The van der Waals surface area contributed by atoms with Gasteiger partial charge in [-0.05, 0) is 13.0 Å². The van der Waals surface area contributed by atoms with Crippen molar-refractivity contribution in [1.82, 2.24) is 10.6 Å². The molecule has 0 aromatic rings. The van der Waals surface area contributed by atoms with Crippen LogP contribution in [-0.2, 0) is 9.59 Å². The highest BCUT2D eigenvalue weighted by molar-refractivity contribution is 5.82. The Morgan fingerprint density at radius 2 is 1.33 bits per heavy atom. The van der Waals surface area contributed by atoms with Crippen molar-refractivity contribution in [3.8, 4) is 0 Å². The van der Waals surface area contributed by atoms with Gasteiger partial charge in [-0.15, -0.1) is 0 Å². The van der Waals surface area contributed by atoms with Crippen molar-refractivity contribution >= 4 is 11.9 Å². The third kappa shape index (κ3) is 16.8. The van der Waals surface area contributed by atoms with Crippen molar-refractivity contribution in [3.05, 3.63) is 0 Å². The van der Waals surface area contributed by atoms with Crippen molar-refractivity contribution in [1.29, 1.82) is 0 Å². The van der Waals surface area contributed by atoms with Crippen LogP contribution >= 0.6 is 0 Å². The maximum Gasteiger partial charge on any atom is 0.322 e. The monoisotopic (exact) mass is 300 g/mol. The highest BCUT2D eigenvalue weighted by atomic mass is 16.4. The summed E-state index contributed by atoms with van der Waals surface area (Å²) < 4.78 is 0. The first-order valence-corrected chi connectivity index (χ1v) is 8.36. The van der Waals surface area contributed by atoms with Crippen LogP contribution in [0, 0.1) is 0 Å². The van der Waals surface area contributed by atoms with Crippen molar-refractivity contribution in [2.45, 2.75) is 71.1 Å². The molecule has 0 bridgehead atoms. The van der Waals surface area contributed by atoms with Crippen molar-refractivity contribution in [2.24, 2.45) is 0 Å². The number of hydrogen-bond donors (Lipinski definition) is 3. The lowest BCUT2D eigenvalue weighted by atomic mass is 10.1. The van der Waals surface area contributed by atoms with Crippen LogP contribution in [0.5, 0.6) is 0 Å². The summed E-state index contributed by atoms with van der Waals surface area (Å²) in [6.45, 7) is 2.95. The largest absolute Gasteiger partial charge is 0.480 e. The Morgan fingerprint density at radius 1 is 0.810 bits per heavy atom. The van der Waals surface area contributed by atoms with Gasteiger partial charge in [0.05, 0.1) is 6.54 Å². The van der Waals surface area contributed by atoms with Crippen molar-refractivity contribution in [3.63, 3.8) is 0 Å². The van der Waals surface area contributed by atoms with E-state index < -0.39 is 5.97 Å². The van der Waals surface area contributed by atoms with E-state index in [4.69, 9.17) is 5.11 Å². The maximum atomic E-state index is 11.2. The second-order valence-corrected chi connectivity index (χ2v) is 5.53. The number of carboxylic acids is 1. The molecule has 3 N–H and O–H groups in total. The first-order valence-electron chi connectivity index (χ1n) is 8.36. The molecule has 0 aliphatic carbocycles. The first-order chi connectivity index (χ1) is 10.2. The molecular formula is C16H32N2O3. The van der Waals surface area contributed by atoms with Gasteiger partial charge in [0.1, 0.15) is 6.54 Å². The lowest BCUT2D eigenvalue weighted by molar-refractivity contribution is -0.137. The minimum atomic E-state index is -1.02. The van der Waals surface area contributed by atoms with Gasteiger partial charge < -0.3 is 15.7 Å². The molecule has 5 heteroatoms. The van der Waals surface area contributed by atoms with Gasteiger partial charge in [0, 0.05) is 0 Å². The van der Waals surface area contributed by atoms with Gasteiger partial charge in [-0.3, -0.25) is 9.59 Å². The highest BCUT2D eigenvalue weighted by Gasteiger charge is 2.02. The Labute approximate surface area is 128 Å². The summed E-state index contributed by atoms with van der Waals surface area (Å²) in [5, 5.41) is 13.7. The number of hydrogen-bond acceptors (Lipinski definition) is 3. The van der Waals surface area contributed by atoms with Crippen LogP contribution in [-0.4, -0.2) is 36.6 Å². The molecule has 0 atom stereocenters. The summed E-state index contributed by atoms with van der Waals surface area (Å²) in [5.41, 5.74) is 0. The quantitative estimate of drug-likeness (QED) is 0.406. The van der Waals surface area contributed by atoms with Crippen LogP contribution in [0.3, 0.4) is 0 Å². The van der Waals surface area contributed by atoms with E-state index in [9.17, 15) is 9.59 Å². The molecule has 0 radical (unpaired) electrons. The molecule has 0 saturated heterocycles. The summed E-state index contributed by atoms with van der Waals surface area (Å²) in [5.74, 6) is -1.28. The Balaban J connectivity index is 3.12. The van der Waals surface area contributed by atoms with Crippen LogP contribution in [0.25, 0.3) is 0 Å². The zero-order valence-electron chi connectivity index (χ0n) is 13.5. The van der Waals surface area contributed by atoms with Gasteiger partial charge in [0.15, 0.2) is 0 Å².